The summed E-state index contributed by atoms with van der Waals surface area (Å²) in [5.41, 5.74) is 1.22. The van der Waals surface area contributed by atoms with Crippen molar-refractivity contribution in [1.82, 2.24) is 24.7 Å². The number of aromatic nitrogens is 2. The van der Waals surface area contributed by atoms with Crippen molar-refractivity contribution in [1.29, 1.82) is 0 Å². The molecule has 0 radical (unpaired) electrons. The van der Waals surface area contributed by atoms with Crippen LogP contribution in [-0.2, 0) is 13.6 Å². The lowest BCUT2D eigenvalue weighted by Crippen LogP contribution is -2.51. The van der Waals surface area contributed by atoms with Crippen molar-refractivity contribution < 1.29 is 4.79 Å². The molecule has 1 N–H and O–H groups in total. The van der Waals surface area contributed by atoms with Gasteiger partial charge in [-0.05, 0) is 20.3 Å². The Bertz CT molecular complexity index is 498. The number of hydrogen-bond acceptors (Lipinski definition) is 3. The normalized spacial score (nSPS) is 27.0. The van der Waals surface area contributed by atoms with Crippen molar-refractivity contribution in [3.63, 3.8) is 0 Å². The van der Waals surface area contributed by atoms with Crippen LogP contribution in [0.2, 0.25) is 0 Å². The van der Waals surface area contributed by atoms with Gasteiger partial charge in [-0.25, -0.2) is 9.78 Å². The van der Waals surface area contributed by atoms with E-state index in [1.807, 2.05) is 24.5 Å². The standard InChI is InChI=1S/C14H23N5O/c1-10(2)19-13-4-5-18(8-12(13)16-14(19)20)7-11-6-15-9-17(11)3/h6,9-10,12-13H,4-5,7-8H2,1-3H3,(H,16,20)/t12-,13+/m1/s1. The molecule has 1 aromatic rings. The average Bonchev–Trinajstić information content (AvgIpc) is 2.92. The van der Waals surface area contributed by atoms with Crippen molar-refractivity contribution in [3.8, 4) is 0 Å². The van der Waals surface area contributed by atoms with Gasteiger partial charge in [-0.15, -0.1) is 0 Å². The van der Waals surface area contributed by atoms with E-state index in [2.05, 4.69) is 33.6 Å². The Morgan fingerprint density at radius 1 is 1.50 bits per heavy atom. The number of urea groups is 1. The molecule has 0 unspecified atom stereocenters. The first-order valence-corrected chi connectivity index (χ1v) is 7.32. The number of fused-ring (bicyclic) bond motifs is 1. The predicted molar refractivity (Wildman–Crippen MR) is 76.2 cm³/mol. The number of imidazole rings is 1. The Balaban J connectivity index is 1.65. The molecule has 2 saturated heterocycles. The second-order valence-corrected chi connectivity index (χ2v) is 6.14. The predicted octanol–water partition coefficient (Wildman–Crippen LogP) is 0.797. The number of rotatable bonds is 3. The van der Waals surface area contributed by atoms with Crippen LogP contribution in [0, 0.1) is 0 Å². The Morgan fingerprint density at radius 3 is 2.95 bits per heavy atom. The molecule has 0 aliphatic carbocycles. The molecule has 2 amide bonds. The molecule has 0 saturated carbocycles. The largest absolute Gasteiger partial charge is 0.337 e. The maximum atomic E-state index is 12.0. The van der Waals surface area contributed by atoms with Crippen LogP contribution in [0.5, 0.6) is 0 Å². The molecule has 2 aliphatic heterocycles. The van der Waals surface area contributed by atoms with Crippen LogP contribution in [0.1, 0.15) is 26.0 Å². The summed E-state index contributed by atoms with van der Waals surface area (Å²) < 4.78 is 2.06. The van der Waals surface area contributed by atoms with E-state index in [4.69, 9.17) is 0 Å². The molecule has 1 aromatic heterocycles. The van der Waals surface area contributed by atoms with Gasteiger partial charge in [0.05, 0.1) is 24.1 Å². The molecule has 2 atom stereocenters. The van der Waals surface area contributed by atoms with Crippen LogP contribution in [0.3, 0.4) is 0 Å². The van der Waals surface area contributed by atoms with Crippen LogP contribution >= 0.6 is 0 Å². The highest BCUT2D eigenvalue weighted by molar-refractivity contribution is 5.78. The van der Waals surface area contributed by atoms with Gasteiger partial charge in [-0.2, -0.15) is 0 Å². The zero-order valence-electron chi connectivity index (χ0n) is 12.4. The monoisotopic (exact) mass is 277 g/mol. The molecule has 2 fully saturated rings. The van der Waals surface area contributed by atoms with Crippen molar-refractivity contribution in [2.45, 2.75) is 44.9 Å². The minimum Gasteiger partial charge on any atom is -0.337 e. The quantitative estimate of drug-likeness (QED) is 0.889. The summed E-state index contributed by atoms with van der Waals surface area (Å²) in [6.07, 6.45) is 4.79. The van der Waals surface area contributed by atoms with Crippen molar-refractivity contribution in [3.05, 3.63) is 18.2 Å². The molecular formula is C14H23N5O. The molecular weight excluding hydrogens is 254 g/mol. The van der Waals surface area contributed by atoms with Gasteiger partial charge in [0.25, 0.3) is 0 Å². The van der Waals surface area contributed by atoms with E-state index >= 15 is 0 Å². The highest BCUT2D eigenvalue weighted by Gasteiger charge is 2.43. The fourth-order valence-corrected chi connectivity index (χ4v) is 3.39. The number of piperidine rings is 1. The minimum atomic E-state index is 0.0948. The van der Waals surface area contributed by atoms with Crippen LogP contribution in [0.4, 0.5) is 4.79 Å². The number of carbonyl (C=O) groups excluding carboxylic acids is 1. The third-order valence-electron chi connectivity index (χ3n) is 4.42. The summed E-state index contributed by atoms with van der Waals surface area (Å²) in [5.74, 6) is 0. The van der Waals surface area contributed by atoms with Gasteiger partial charge in [0, 0.05) is 38.9 Å². The van der Waals surface area contributed by atoms with Gasteiger partial charge in [-0.3, -0.25) is 4.90 Å². The smallest absolute Gasteiger partial charge is 0.318 e. The summed E-state index contributed by atoms with van der Waals surface area (Å²) in [7, 11) is 2.02. The first-order chi connectivity index (χ1) is 9.56. The summed E-state index contributed by atoms with van der Waals surface area (Å²) in [6.45, 7) is 7.03. The first-order valence-electron chi connectivity index (χ1n) is 7.32. The lowest BCUT2D eigenvalue weighted by Gasteiger charge is -2.37. The summed E-state index contributed by atoms with van der Waals surface area (Å²) in [4.78, 5) is 20.6. The Hall–Kier alpha value is -1.56. The van der Waals surface area contributed by atoms with E-state index in [0.717, 1.165) is 26.1 Å². The zero-order valence-corrected chi connectivity index (χ0v) is 12.4. The van der Waals surface area contributed by atoms with Crippen LogP contribution in [-0.4, -0.2) is 56.6 Å². The molecule has 0 spiro atoms. The number of amides is 2. The van der Waals surface area contributed by atoms with Crippen molar-refractivity contribution in [2.75, 3.05) is 13.1 Å². The number of aryl methyl sites for hydroxylation is 1. The summed E-state index contributed by atoms with van der Waals surface area (Å²) in [6, 6.07) is 0.975. The second kappa shape index (κ2) is 5.09. The first kappa shape index (κ1) is 13.4. The summed E-state index contributed by atoms with van der Waals surface area (Å²) >= 11 is 0. The highest BCUT2D eigenvalue weighted by atomic mass is 16.2. The van der Waals surface area contributed by atoms with Crippen molar-refractivity contribution in [2.24, 2.45) is 7.05 Å². The average molecular weight is 277 g/mol. The van der Waals surface area contributed by atoms with Crippen LogP contribution < -0.4 is 5.32 Å². The van der Waals surface area contributed by atoms with Gasteiger partial charge in [0.2, 0.25) is 0 Å². The number of nitrogens with zero attached hydrogens (tertiary/aromatic N) is 4. The molecule has 0 bridgehead atoms. The van der Waals surface area contributed by atoms with E-state index in [1.54, 1.807) is 0 Å². The zero-order chi connectivity index (χ0) is 14.3. The second-order valence-electron chi connectivity index (χ2n) is 6.14. The van der Waals surface area contributed by atoms with Crippen LogP contribution in [0.15, 0.2) is 12.5 Å². The third kappa shape index (κ3) is 2.28. The van der Waals surface area contributed by atoms with E-state index in [0.29, 0.717) is 6.04 Å². The van der Waals surface area contributed by atoms with Gasteiger partial charge < -0.3 is 14.8 Å². The molecule has 2 aliphatic rings. The SMILES string of the molecule is CC(C)N1C(=O)N[C@@H]2CN(Cc3cncn3C)CC[C@@H]21. The minimum absolute atomic E-state index is 0.0948. The molecule has 3 rings (SSSR count). The maximum Gasteiger partial charge on any atom is 0.318 e. The molecule has 0 aromatic carbocycles. The number of likely N-dealkylation sites (tertiary alicyclic amines) is 1. The molecule has 6 nitrogen and oxygen atoms in total. The van der Waals surface area contributed by atoms with Gasteiger partial charge in [0.15, 0.2) is 0 Å². The fourth-order valence-electron chi connectivity index (χ4n) is 3.39. The van der Waals surface area contributed by atoms with Gasteiger partial charge in [0.1, 0.15) is 0 Å². The Kier molecular flexibility index (Phi) is 3.41. The molecule has 110 valence electrons. The molecule has 20 heavy (non-hydrogen) atoms. The molecule has 3 heterocycles. The maximum absolute atomic E-state index is 12.0. The summed E-state index contributed by atoms with van der Waals surface area (Å²) in [5, 5.41) is 3.13. The lowest BCUT2D eigenvalue weighted by molar-refractivity contribution is 0.121. The van der Waals surface area contributed by atoms with E-state index in [9.17, 15) is 4.79 Å². The van der Waals surface area contributed by atoms with Crippen LogP contribution in [0.25, 0.3) is 0 Å². The topological polar surface area (TPSA) is 53.4 Å². The van der Waals surface area contributed by atoms with Crippen molar-refractivity contribution >= 4 is 6.03 Å². The molecule has 6 heteroatoms. The Morgan fingerprint density at radius 2 is 2.30 bits per heavy atom. The number of carbonyl (C=O) groups is 1. The number of hydrogen-bond donors (Lipinski definition) is 1. The Labute approximate surface area is 119 Å². The van der Waals surface area contributed by atoms with E-state index in [-0.39, 0.29) is 18.1 Å². The lowest BCUT2D eigenvalue weighted by atomic mass is 9.99. The highest BCUT2D eigenvalue weighted by Crippen LogP contribution is 2.25. The van der Waals surface area contributed by atoms with Gasteiger partial charge >= 0.3 is 6.03 Å². The number of nitrogens with one attached hydrogen (secondary N) is 1. The van der Waals surface area contributed by atoms with E-state index < -0.39 is 0 Å². The third-order valence-corrected chi connectivity index (χ3v) is 4.42. The fraction of sp³-hybridized carbons (Fsp3) is 0.714. The van der Waals surface area contributed by atoms with E-state index in [1.165, 1.54) is 5.69 Å². The van der Waals surface area contributed by atoms with Gasteiger partial charge in [-0.1, -0.05) is 0 Å².